The molecule has 0 fully saturated rings. The van der Waals surface area contributed by atoms with E-state index in [1.807, 2.05) is 0 Å². The number of nitrogens with one attached hydrogen (secondary N) is 1. The third-order valence-corrected chi connectivity index (χ3v) is 4.05. The van der Waals surface area contributed by atoms with Crippen molar-refractivity contribution in [1.29, 1.82) is 0 Å². The lowest BCUT2D eigenvalue weighted by Gasteiger charge is -2.31. The van der Waals surface area contributed by atoms with Crippen LogP contribution in [0.2, 0.25) is 0 Å². The summed E-state index contributed by atoms with van der Waals surface area (Å²) in [4.78, 5) is 12.3. The summed E-state index contributed by atoms with van der Waals surface area (Å²) in [5, 5.41) is 3.13. The Morgan fingerprint density at radius 3 is 2.22 bits per heavy atom. The fraction of sp³-hybridized carbons (Fsp3) is 0.500. The average Bonchev–Trinajstić information content (AvgIpc) is 2.35. The van der Waals surface area contributed by atoms with E-state index >= 15 is 0 Å². The molecule has 1 amide bonds. The summed E-state index contributed by atoms with van der Waals surface area (Å²) in [6.45, 7) is 6.30. The highest BCUT2D eigenvalue weighted by molar-refractivity contribution is 9.10. The van der Waals surface area contributed by atoms with Gasteiger partial charge >= 0.3 is 0 Å². The zero-order valence-corrected chi connectivity index (χ0v) is 12.8. The largest absolute Gasteiger partial charge is 0.399 e. The first-order valence-corrected chi connectivity index (χ1v) is 7.14. The summed E-state index contributed by atoms with van der Waals surface area (Å²) < 4.78 is 0.822. The molecule has 4 heteroatoms. The maximum absolute atomic E-state index is 12.3. The molecule has 100 valence electrons. The van der Waals surface area contributed by atoms with Crippen molar-refractivity contribution in [1.82, 2.24) is 5.32 Å². The normalized spacial score (nSPS) is 11.3. The van der Waals surface area contributed by atoms with Gasteiger partial charge in [-0.2, -0.15) is 0 Å². The summed E-state index contributed by atoms with van der Waals surface area (Å²) in [5.41, 5.74) is 6.82. The zero-order valence-electron chi connectivity index (χ0n) is 11.2. The summed E-state index contributed by atoms with van der Waals surface area (Å²) >= 11 is 3.35. The zero-order chi connectivity index (χ0) is 13.8. The van der Waals surface area contributed by atoms with Gasteiger partial charge in [0.25, 0.3) is 5.91 Å². The minimum absolute atomic E-state index is 0.0615. The molecule has 0 unspecified atom stereocenters. The minimum atomic E-state index is -0.117. The van der Waals surface area contributed by atoms with Crippen LogP contribution in [0.3, 0.4) is 0 Å². The van der Waals surface area contributed by atoms with Crippen LogP contribution in [0.4, 0.5) is 5.69 Å². The number of anilines is 1. The molecular weight excluding hydrogens is 292 g/mol. The third kappa shape index (κ3) is 3.48. The Morgan fingerprint density at radius 2 is 1.78 bits per heavy atom. The van der Waals surface area contributed by atoms with Gasteiger partial charge in [-0.15, -0.1) is 0 Å². The lowest BCUT2D eigenvalue weighted by atomic mass is 9.89. The average molecular weight is 313 g/mol. The fourth-order valence-corrected chi connectivity index (χ4v) is 2.58. The van der Waals surface area contributed by atoms with Crippen LogP contribution in [0.15, 0.2) is 22.7 Å². The molecule has 18 heavy (non-hydrogen) atoms. The Bertz CT molecular complexity index is 399. The van der Waals surface area contributed by atoms with E-state index in [9.17, 15) is 4.79 Å². The molecule has 0 spiro atoms. The summed E-state index contributed by atoms with van der Waals surface area (Å²) in [7, 11) is 0. The van der Waals surface area contributed by atoms with Gasteiger partial charge in [-0.05, 0) is 37.5 Å². The van der Waals surface area contributed by atoms with E-state index in [0.717, 1.165) is 23.7 Å². The Labute approximate surface area is 117 Å². The number of benzene rings is 1. The van der Waals surface area contributed by atoms with E-state index in [1.165, 1.54) is 0 Å². The van der Waals surface area contributed by atoms with E-state index in [4.69, 9.17) is 5.73 Å². The molecule has 0 radical (unpaired) electrons. The van der Waals surface area contributed by atoms with Gasteiger partial charge in [-0.3, -0.25) is 4.79 Å². The molecule has 0 atom stereocenters. The van der Waals surface area contributed by atoms with Crippen LogP contribution in [0, 0.1) is 0 Å². The van der Waals surface area contributed by atoms with E-state index in [1.54, 1.807) is 18.2 Å². The number of hydrogen-bond acceptors (Lipinski definition) is 2. The van der Waals surface area contributed by atoms with Crippen LogP contribution in [0.1, 0.15) is 50.4 Å². The highest BCUT2D eigenvalue weighted by Crippen LogP contribution is 2.22. The summed E-state index contributed by atoms with van der Waals surface area (Å²) in [5.74, 6) is -0.0615. The predicted molar refractivity (Wildman–Crippen MR) is 79.6 cm³/mol. The van der Waals surface area contributed by atoms with E-state index in [0.29, 0.717) is 11.3 Å². The smallest absolute Gasteiger partial charge is 0.251 e. The van der Waals surface area contributed by atoms with Gasteiger partial charge in [0.15, 0.2) is 0 Å². The van der Waals surface area contributed by atoms with Crippen LogP contribution >= 0.6 is 15.9 Å². The second-order valence-corrected chi connectivity index (χ2v) is 5.48. The number of amides is 1. The van der Waals surface area contributed by atoms with E-state index in [-0.39, 0.29) is 11.4 Å². The SMILES string of the molecule is CCC(CC)(CC)NC(=O)c1cc(N)cc(Br)c1. The van der Waals surface area contributed by atoms with Crippen LogP contribution in [0.25, 0.3) is 0 Å². The molecule has 3 N–H and O–H groups in total. The molecule has 1 rings (SSSR count). The number of nitrogen functional groups attached to an aromatic ring is 1. The molecule has 0 aliphatic heterocycles. The van der Waals surface area contributed by atoms with Gasteiger partial charge < -0.3 is 11.1 Å². The maximum atomic E-state index is 12.3. The first kappa shape index (κ1) is 15.0. The van der Waals surface area contributed by atoms with Crippen molar-refractivity contribution in [3.8, 4) is 0 Å². The highest BCUT2D eigenvalue weighted by atomic mass is 79.9. The standard InChI is InChI=1S/C14H21BrN2O/c1-4-14(5-2,6-3)17-13(18)10-7-11(15)9-12(16)8-10/h7-9H,4-6,16H2,1-3H3,(H,17,18). The second kappa shape index (κ2) is 6.23. The predicted octanol–water partition coefficient (Wildman–Crippen LogP) is 3.73. The summed E-state index contributed by atoms with van der Waals surface area (Å²) in [6, 6.07) is 5.27. The van der Waals surface area contributed by atoms with Crippen molar-refractivity contribution in [3.63, 3.8) is 0 Å². The van der Waals surface area contributed by atoms with E-state index in [2.05, 4.69) is 42.0 Å². The van der Waals surface area contributed by atoms with Crippen LogP contribution < -0.4 is 11.1 Å². The van der Waals surface area contributed by atoms with Gasteiger partial charge in [0.2, 0.25) is 0 Å². The molecule has 0 aliphatic carbocycles. The topological polar surface area (TPSA) is 55.1 Å². The Kier molecular flexibility index (Phi) is 5.20. The minimum Gasteiger partial charge on any atom is -0.399 e. The van der Waals surface area contributed by atoms with Crippen molar-refractivity contribution in [2.24, 2.45) is 0 Å². The van der Waals surface area contributed by atoms with Gasteiger partial charge in [0.1, 0.15) is 0 Å². The lowest BCUT2D eigenvalue weighted by molar-refractivity contribution is 0.0888. The quantitative estimate of drug-likeness (QED) is 0.814. The molecule has 0 heterocycles. The van der Waals surface area contributed by atoms with Gasteiger partial charge in [-0.1, -0.05) is 36.7 Å². The van der Waals surface area contributed by atoms with Gasteiger partial charge in [-0.25, -0.2) is 0 Å². The van der Waals surface area contributed by atoms with Crippen molar-refractivity contribution in [2.75, 3.05) is 5.73 Å². The van der Waals surface area contributed by atoms with Crippen molar-refractivity contribution < 1.29 is 4.79 Å². The first-order chi connectivity index (χ1) is 8.46. The second-order valence-electron chi connectivity index (χ2n) is 4.57. The first-order valence-electron chi connectivity index (χ1n) is 6.35. The number of carbonyl (C=O) groups excluding carboxylic acids is 1. The van der Waals surface area contributed by atoms with Gasteiger partial charge in [0.05, 0.1) is 0 Å². The van der Waals surface area contributed by atoms with Crippen molar-refractivity contribution >= 4 is 27.5 Å². The lowest BCUT2D eigenvalue weighted by Crippen LogP contribution is -2.47. The monoisotopic (exact) mass is 312 g/mol. The highest BCUT2D eigenvalue weighted by Gasteiger charge is 2.26. The van der Waals surface area contributed by atoms with E-state index < -0.39 is 0 Å². The van der Waals surface area contributed by atoms with Crippen molar-refractivity contribution in [3.05, 3.63) is 28.2 Å². The molecule has 3 nitrogen and oxygen atoms in total. The molecule has 1 aromatic rings. The van der Waals surface area contributed by atoms with Gasteiger partial charge in [0, 0.05) is 21.3 Å². The maximum Gasteiger partial charge on any atom is 0.251 e. The number of rotatable bonds is 5. The number of halogens is 1. The Balaban J connectivity index is 2.94. The molecule has 0 aromatic heterocycles. The molecule has 0 bridgehead atoms. The fourth-order valence-electron chi connectivity index (χ4n) is 2.07. The summed E-state index contributed by atoms with van der Waals surface area (Å²) in [6.07, 6.45) is 2.78. The third-order valence-electron chi connectivity index (χ3n) is 3.59. The number of hydrogen-bond donors (Lipinski definition) is 2. The molecule has 0 aliphatic rings. The number of carbonyl (C=O) groups is 1. The molecule has 1 aromatic carbocycles. The number of nitrogens with two attached hydrogens (primary N) is 1. The molecular formula is C14H21BrN2O. The molecule has 0 saturated carbocycles. The van der Waals surface area contributed by atoms with Crippen LogP contribution in [0.5, 0.6) is 0 Å². The van der Waals surface area contributed by atoms with Crippen LogP contribution in [-0.4, -0.2) is 11.4 Å². The van der Waals surface area contributed by atoms with Crippen molar-refractivity contribution in [2.45, 2.75) is 45.6 Å². The molecule has 0 saturated heterocycles. The van der Waals surface area contributed by atoms with Crippen LogP contribution in [-0.2, 0) is 0 Å². The Morgan fingerprint density at radius 1 is 1.22 bits per heavy atom. The Hall–Kier alpha value is -1.03.